The highest BCUT2D eigenvalue weighted by Gasteiger charge is 2.11. The molecule has 5 N–H and O–H groups in total. The van der Waals surface area contributed by atoms with E-state index >= 15 is 0 Å². The van der Waals surface area contributed by atoms with E-state index in [1.165, 1.54) is 5.69 Å². The van der Waals surface area contributed by atoms with Crippen LogP contribution in [0.25, 0.3) is 0 Å². The van der Waals surface area contributed by atoms with Crippen LogP contribution in [0.2, 0.25) is 0 Å². The number of nitrogens with zero attached hydrogens (tertiary/aromatic N) is 2. The van der Waals surface area contributed by atoms with Gasteiger partial charge in [0.05, 0.1) is 0 Å². The zero-order valence-corrected chi connectivity index (χ0v) is 9.20. The maximum atomic E-state index is 5.59. The van der Waals surface area contributed by atoms with Crippen LogP contribution < -0.4 is 16.4 Å². The summed E-state index contributed by atoms with van der Waals surface area (Å²) in [5.74, 6) is 1.09. The van der Waals surface area contributed by atoms with Gasteiger partial charge < -0.3 is 16.0 Å². The van der Waals surface area contributed by atoms with Crippen LogP contribution in [-0.2, 0) is 6.42 Å². The number of aromatic nitrogens is 1. The second-order valence-corrected chi connectivity index (χ2v) is 3.64. The van der Waals surface area contributed by atoms with Crippen LogP contribution >= 0.6 is 0 Å². The fraction of sp³-hybridized carbons (Fsp3) is 0.400. The van der Waals surface area contributed by atoms with Gasteiger partial charge in [0, 0.05) is 24.9 Å². The van der Waals surface area contributed by atoms with Gasteiger partial charge >= 0.3 is 0 Å². The Kier molecular flexibility index (Phi) is 3.09. The minimum absolute atomic E-state index is 0.0227. The lowest BCUT2D eigenvalue weighted by atomic mass is 10.3. The van der Waals surface area contributed by atoms with E-state index in [0.717, 1.165) is 6.42 Å². The molecule has 0 aliphatic carbocycles. The van der Waals surface area contributed by atoms with Gasteiger partial charge in [-0.05, 0) is 19.1 Å². The van der Waals surface area contributed by atoms with Crippen molar-refractivity contribution in [2.45, 2.75) is 19.5 Å². The van der Waals surface area contributed by atoms with E-state index in [2.05, 4.69) is 25.6 Å². The van der Waals surface area contributed by atoms with Gasteiger partial charge in [0.2, 0.25) is 0 Å². The molecular weight excluding hydrogens is 204 g/mol. The third-order valence-corrected chi connectivity index (χ3v) is 2.24. The summed E-state index contributed by atoms with van der Waals surface area (Å²) in [6.45, 7) is 2.63. The van der Waals surface area contributed by atoms with E-state index in [0.29, 0.717) is 18.5 Å². The van der Waals surface area contributed by atoms with Gasteiger partial charge in [0.15, 0.2) is 11.9 Å². The summed E-state index contributed by atoms with van der Waals surface area (Å²) < 4.78 is 0. The maximum absolute atomic E-state index is 5.59. The first-order chi connectivity index (χ1) is 7.74. The van der Waals surface area contributed by atoms with E-state index in [1.54, 1.807) is 0 Å². The summed E-state index contributed by atoms with van der Waals surface area (Å²) >= 11 is 0. The van der Waals surface area contributed by atoms with Crippen molar-refractivity contribution in [3.63, 3.8) is 0 Å². The molecule has 0 bridgehead atoms. The number of hydrogen-bond acceptors (Lipinski definition) is 3. The Labute approximate surface area is 94.1 Å². The first-order valence-corrected chi connectivity index (χ1v) is 5.27. The summed E-state index contributed by atoms with van der Waals surface area (Å²) in [5.41, 5.74) is 6.77. The molecule has 6 heteroatoms. The van der Waals surface area contributed by atoms with Crippen molar-refractivity contribution < 1.29 is 0 Å². The Morgan fingerprint density at radius 2 is 2.44 bits per heavy atom. The maximum Gasteiger partial charge on any atom is 0.199 e. The Morgan fingerprint density at radius 1 is 1.56 bits per heavy atom. The molecule has 0 spiro atoms. The van der Waals surface area contributed by atoms with Crippen molar-refractivity contribution in [3.8, 4) is 0 Å². The molecule has 0 fully saturated rings. The molecule has 0 saturated heterocycles. The Balaban J connectivity index is 1.86. The normalized spacial score (nSPS) is 22.4. The second-order valence-electron chi connectivity index (χ2n) is 3.64. The summed E-state index contributed by atoms with van der Waals surface area (Å²) in [7, 11) is 0. The Morgan fingerprint density at radius 3 is 3.12 bits per heavy atom. The highest BCUT2D eigenvalue weighted by molar-refractivity contribution is 5.99. The number of hydrogen-bond donors (Lipinski definition) is 4. The van der Waals surface area contributed by atoms with E-state index in [-0.39, 0.29) is 6.17 Å². The number of aliphatic imine (C=N–C) groups is 2. The van der Waals surface area contributed by atoms with Crippen LogP contribution in [0.1, 0.15) is 12.6 Å². The minimum Gasteiger partial charge on any atom is -0.370 e. The molecule has 1 aromatic rings. The van der Waals surface area contributed by atoms with Crippen molar-refractivity contribution >= 4 is 11.9 Å². The molecule has 1 atom stereocenters. The fourth-order valence-electron chi connectivity index (χ4n) is 1.52. The van der Waals surface area contributed by atoms with Crippen molar-refractivity contribution in [2.24, 2.45) is 15.7 Å². The minimum atomic E-state index is -0.0227. The topological polar surface area (TPSA) is 90.6 Å². The van der Waals surface area contributed by atoms with E-state index in [9.17, 15) is 0 Å². The van der Waals surface area contributed by atoms with E-state index in [4.69, 9.17) is 5.73 Å². The predicted octanol–water partition coefficient (Wildman–Crippen LogP) is -0.233. The number of nitrogens with two attached hydrogens (primary N) is 1. The van der Waals surface area contributed by atoms with Crippen molar-refractivity contribution in [2.75, 3.05) is 6.54 Å². The van der Waals surface area contributed by atoms with Crippen LogP contribution in [0, 0.1) is 0 Å². The first-order valence-electron chi connectivity index (χ1n) is 5.27. The summed E-state index contributed by atoms with van der Waals surface area (Å²) in [4.78, 5) is 11.6. The average Bonchev–Trinajstić information content (AvgIpc) is 2.69. The smallest absolute Gasteiger partial charge is 0.199 e. The van der Waals surface area contributed by atoms with Crippen LogP contribution in [0.15, 0.2) is 28.3 Å². The number of H-pyrrole nitrogens is 1. The third kappa shape index (κ3) is 2.75. The monoisotopic (exact) mass is 220 g/mol. The lowest BCUT2D eigenvalue weighted by Crippen LogP contribution is -2.52. The molecule has 86 valence electrons. The van der Waals surface area contributed by atoms with Gasteiger partial charge in [-0.1, -0.05) is 0 Å². The number of aromatic amines is 1. The summed E-state index contributed by atoms with van der Waals surface area (Å²) in [6.07, 6.45) is 2.77. The molecule has 1 aliphatic heterocycles. The largest absolute Gasteiger partial charge is 0.370 e. The summed E-state index contributed by atoms with van der Waals surface area (Å²) in [5, 5.41) is 5.97. The quantitative estimate of drug-likeness (QED) is 0.567. The molecule has 0 amide bonds. The summed E-state index contributed by atoms with van der Waals surface area (Å²) in [6, 6.07) is 4.02. The number of rotatable bonds is 3. The van der Waals surface area contributed by atoms with Gasteiger partial charge in [-0.25, -0.2) is 4.99 Å². The highest BCUT2D eigenvalue weighted by Crippen LogP contribution is 1.96. The third-order valence-electron chi connectivity index (χ3n) is 2.24. The standard InChI is InChI=1S/C10H16N6/c1-7-14-9(11)16-10(15-7)13-6-4-8-3-2-5-12-8/h2-3,5,7,12H,4,6H2,1H3,(H4,11,13,14,15,16). The molecule has 0 radical (unpaired) electrons. The fourth-order valence-corrected chi connectivity index (χ4v) is 1.52. The van der Waals surface area contributed by atoms with Crippen LogP contribution in [-0.4, -0.2) is 29.6 Å². The Bertz CT molecular complexity index is 391. The van der Waals surface area contributed by atoms with E-state index < -0.39 is 0 Å². The zero-order chi connectivity index (χ0) is 11.4. The highest BCUT2D eigenvalue weighted by atomic mass is 15.3. The second kappa shape index (κ2) is 4.69. The van der Waals surface area contributed by atoms with E-state index in [1.807, 2.05) is 25.3 Å². The lowest BCUT2D eigenvalue weighted by molar-refractivity contribution is 0.663. The average molecular weight is 220 g/mol. The van der Waals surface area contributed by atoms with Crippen molar-refractivity contribution in [3.05, 3.63) is 24.0 Å². The first kappa shape index (κ1) is 10.5. The van der Waals surface area contributed by atoms with Gasteiger partial charge in [-0.2, -0.15) is 0 Å². The molecule has 0 aromatic carbocycles. The van der Waals surface area contributed by atoms with Crippen LogP contribution in [0.4, 0.5) is 0 Å². The van der Waals surface area contributed by atoms with Crippen LogP contribution in [0.5, 0.6) is 0 Å². The molecule has 2 heterocycles. The van der Waals surface area contributed by atoms with Crippen molar-refractivity contribution in [1.82, 2.24) is 15.6 Å². The SMILES string of the molecule is CC1N=C(N)NC(=NCCc2ccc[nH]2)N1. The molecular formula is C10H16N6. The molecule has 0 saturated carbocycles. The zero-order valence-electron chi connectivity index (χ0n) is 9.20. The molecule has 1 aromatic heterocycles. The molecule has 6 nitrogen and oxygen atoms in total. The van der Waals surface area contributed by atoms with Gasteiger partial charge in [-0.3, -0.25) is 10.3 Å². The van der Waals surface area contributed by atoms with Gasteiger partial charge in [0.25, 0.3) is 0 Å². The lowest BCUT2D eigenvalue weighted by Gasteiger charge is -2.20. The van der Waals surface area contributed by atoms with Gasteiger partial charge in [0.1, 0.15) is 6.17 Å². The molecule has 16 heavy (non-hydrogen) atoms. The Hall–Kier alpha value is -1.98. The molecule has 2 rings (SSSR count). The van der Waals surface area contributed by atoms with Crippen molar-refractivity contribution in [1.29, 1.82) is 0 Å². The predicted molar refractivity (Wildman–Crippen MR) is 64.2 cm³/mol. The van der Waals surface area contributed by atoms with Crippen LogP contribution in [0.3, 0.4) is 0 Å². The number of nitrogens with one attached hydrogen (secondary N) is 3. The number of guanidine groups is 2. The molecule has 1 unspecified atom stereocenters. The molecule has 1 aliphatic rings. The van der Waals surface area contributed by atoms with Gasteiger partial charge in [-0.15, -0.1) is 0 Å².